The predicted octanol–water partition coefficient (Wildman–Crippen LogP) is 2.79. The molecule has 170 valence electrons. The van der Waals surface area contributed by atoms with Gasteiger partial charge in [0, 0.05) is 6.04 Å². The zero-order valence-electron chi connectivity index (χ0n) is 17.3. The van der Waals surface area contributed by atoms with Gasteiger partial charge in [-0.2, -0.15) is 15.2 Å². The van der Waals surface area contributed by atoms with E-state index in [1.54, 1.807) is 16.7 Å². The van der Waals surface area contributed by atoms with Gasteiger partial charge in [-0.15, -0.1) is 0 Å². The highest BCUT2D eigenvalue weighted by Crippen LogP contribution is 2.45. The van der Waals surface area contributed by atoms with Crippen LogP contribution in [0.3, 0.4) is 0 Å². The number of rotatable bonds is 5. The standard InChI is InChI=1S/C21H20Cl2N8O2/c22-12-3-4-13(23)16-14(12)20(33)31(9-5-10(32)6-9)19(28-16)15(8-1-2-8)27-18-11(7-24)17(25)29-21(26)30-18/h3-4,8-10,15,32H,1-2,5-6H2,(H5,25,26,27,29,30)/t9?,10?,15-/m0/s1. The molecule has 5 rings (SSSR count). The molecule has 0 radical (unpaired) electrons. The van der Waals surface area contributed by atoms with Crippen LogP contribution in [0, 0.1) is 17.2 Å². The smallest absolute Gasteiger partial charge is 0.263 e. The number of benzene rings is 1. The summed E-state index contributed by atoms with van der Waals surface area (Å²) in [7, 11) is 0. The van der Waals surface area contributed by atoms with E-state index in [2.05, 4.69) is 15.3 Å². The van der Waals surface area contributed by atoms with Crippen LogP contribution < -0.4 is 22.3 Å². The minimum atomic E-state index is -0.487. The fourth-order valence-corrected chi connectivity index (χ4v) is 4.70. The number of nitrogen functional groups attached to an aromatic ring is 2. The lowest BCUT2D eigenvalue weighted by atomic mass is 9.88. The Kier molecular flexibility index (Phi) is 5.28. The fraction of sp³-hybridized carbons (Fsp3) is 0.381. The summed E-state index contributed by atoms with van der Waals surface area (Å²) in [6, 6.07) is 4.45. The molecule has 1 atom stereocenters. The van der Waals surface area contributed by atoms with Gasteiger partial charge in [0.1, 0.15) is 23.3 Å². The van der Waals surface area contributed by atoms with E-state index >= 15 is 0 Å². The van der Waals surface area contributed by atoms with Crippen LogP contribution >= 0.6 is 23.2 Å². The summed E-state index contributed by atoms with van der Waals surface area (Å²) in [5.41, 5.74) is 11.7. The number of aliphatic hydroxyl groups is 1. The molecule has 2 aliphatic carbocycles. The monoisotopic (exact) mass is 486 g/mol. The third-order valence-corrected chi connectivity index (χ3v) is 6.79. The minimum Gasteiger partial charge on any atom is -0.393 e. The van der Waals surface area contributed by atoms with Crippen molar-refractivity contribution in [2.24, 2.45) is 5.92 Å². The average molecular weight is 487 g/mol. The van der Waals surface area contributed by atoms with Crippen molar-refractivity contribution in [3.63, 3.8) is 0 Å². The van der Waals surface area contributed by atoms with Crippen LogP contribution in [0.2, 0.25) is 10.0 Å². The molecule has 3 aromatic rings. The molecule has 0 saturated heterocycles. The molecule has 0 amide bonds. The number of nitriles is 1. The lowest BCUT2D eigenvalue weighted by Gasteiger charge is -2.36. The molecule has 2 aromatic heterocycles. The first-order valence-electron chi connectivity index (χ1n) is 10.5. The molecule has 33 heavy (non-hydrogen) atoms. The van der Waals surface area contributed by atoms with Crippen molar-refractivity contribution < 1.29 is 5.11 Å². The van der Waals surface area contributed by atoms with Crippen molar-refractivity contribution in [1.29, 1.82) is 5.26 Å². The van der Waals surface area contributed by atoms with Crippen molar-refractivity contribution in [2.45, 2.75) is 43.9 Å². The molecule has 2 heterocycles. The van der Waals surface area contributed by atoms with E-state index in [0.29, 0.717) is 29.2 Å². The molecule has 2 aliphatic rings. The number of aromatic nitrogens is 4. The van der Waals surface area contributed by atoms with Gasteiger partial charge in [0.2, 0.25) is 5.95 Å². The molecule has 0 spiro atoms. The molecule has 0 aliphatic heterocycles. The van der Waals surface area contributed by atoms with Crippen LogP contribution in [0.4, 0.5) is 17.6 Å². The number of fused-ring (bicyclic) bond motifs is 1. The van der Waals surface area contributed by atoms with Crippen LogP contribution in [-0.2, 0) is 0 Å². The maximum Gasteiger partial charge on any atom is 0.263 e. The molecular formula is C21H20Cl2N8O2. The third-order valence-electron chi connectivity index (χ3n) is 6.17. The average Bonchev–Trinajstić information content (AvgIpc) is 3.57. The zero-order valence-corrected chi connectivity index (χ0v) is 18.8. The Labute approximate surface area is 198 Å². The van der Waals surface area contributed by atoms with Crippen molar-refractivity contribution in [2.75, 3.05) is 16.8 Å². The molecule has 1 aromatic carbocycles. The van der Waals surface area contributed by atoms with E-state index in [4.69, 9.17) is 39.7 Å². The number of hydrogen-bond donors (Lipinski definition) is 4. The van der Waals surface area contributed by atoms with E-state index in [1.165, 1.54) is 0 Å². The normalized spacial score (nSPS) is 20.8. The van der Waals surface area contributed by atoms with Crippen LogP contribution in [-0.4, -0.2) is 30.7 Å². The van der Waals surface area contributed by atoms with E-state index in [1.807, 2.05) is 6.07 Å². The molecule has 0 unspecified atom stereocenters. The number of aliphatic hydroxyl groups excluding tert-OH is 1. The summed E-state index contributed by atoms with van der Waals surface area (Å²) >= 11 is 12.8. The summed E-state index contributed by atoms with van der Waals surface area (Å²) in [6.45, 7) is 0. The quantitative estimate of drug-likeness (QED) is 0.423. The number of anilines is 3. The molecular weight excluding hydrogens is 467 g/mol. The largest absolute Gasteiger partial charge is 0.393 e. The van der Waals surface area contributed by atoms with Crippen molar-refractivity contribution in [3.05, 3.63) is 43.9 Å². The van der Waals surface area contributed by atoms with Crippen LogP contribution in [0.15, 0.2) is 16.9 Å². The predicted molar refractivity (Wildman–Crippen MR) is 125 cm³/mol. The van der Waals surface area contributed by atoms with E-state index in [0.717, 1.165) is 12.8 Å². The lowest BCUT2D eigenvalue weighted by Crippen LogP contribution is -2.40. The van der Waals surface area contributed by atoms with Gasteiger partial charge in [0.15, 0.2) is 5.82 Å². The zero-order chi connectivity index (χ0) is 23.4. The highest BCUT2D eigenvalue weighted by Gasteiger charge is 2.40. The summed E-state index contributed by atoms with van der Waals surface area (Å²) in [5, 5.41) is 23.5. The lowest BCUT2D eigenvalue weighted by molar-refractivity contribution is 0.0451. The Bertz CT molecular complexity index is 1380. The highest BCUT2D eigenvalue weighted by molar-refractivity contribution is 6.39. The van der Waals surface area contributed by atoms with Crippen molar-refractivity contribution >= 4 is 51.7 Å². The second kappa shape index (κ2) is 8.02. The van der Waals surface area contributed by atoms with Crippen LogP contribution in [0.1, 0.15) is 49.2 Å². The molecule has 2 saturated carbocycles. The van der Waals surface area contributed by atoms with Gasteiger partial charge in [-0.1, -0.05) is 23.2 Å². The summed E-state index contributed by atoms with van der Waals surface area (Å²) < 4.78 is 1.59. The van der Waals surface area contributed by atoms with Gasteiger partial charge in [-0.25, -0.2) is 4.98 Å². The Balaban J connectivity index is 1.72. The number of nitrogens with two attached hydrogens (primary N) is 2. The summed E-state index contributed by atoms with van der Waals surface area (Å²) in [4.78, 5) is 26.5. The van der Waals surface area contributed by atoms with Gasteiger partial charge in [-0.3, -0.25) is 9.36 Å². The number of halogens is 2. The molecule has 0 bridgehead atoms. The Morgan fingerprint density at radius 1 is 1.18 bits per heavy atom. The Morgan fingerprint density at radius 2 is 1.88 bits per heavy atom. The topological polar surface area (TPSA) is 169 Å². The van der Waals surface area contributed by atoms with Crippen molar-refractivity contribution in [3.8, 4) is 6.07 Å². The van der Waals surface area contributed by atoms with Gasteiger partial charge >= 0.3 is 0 Å². The first-order valence-corrected chi connectivity index (χ1v) is 11.2. The maximum absolute atomic E-state index is 13.6. The van der Waals surface area contributed by atoms with Gasteiger partial charge < -0.3 is 21.9 Å². The Morgan fingerprint density at radius 3 is 2.52 bits per heavy atom. The second-order valence-electron chi connectivity index (χ2n) is 8.44. The maximum atomic E-state index is 13.6. The van der Waals surface area contributed by atoms with E-state index in [-0.39, 0.29) is 51.1 Å². The fourth-order valence-electron chi connectivity index (χ4n) is 4.27. The molecule has 2 fully saturated rings. The Hall–Kier alpha value is -3.13. The highest BCUT2D eigenvalue weighted by atomic mass is 35.5. The van der Waals surface area contributed by atoms with Crippen LogP contribution in [0.5, 0.6) is 0 Å². The first-order chi connectivity index (χ1) is 15.8. The van der Waals surface area contributed by atoms with Gasteiger partial charge in [0.05, 0.1) is 33.1 Å². The SMILES string of the molecule is N#Cc1c(N)nc(N)nc1N[C@H](c1nc2c(Cl)ccc(Cl)c2c(=O)n1C1CC(O)C1)C1CC1. The van der Waals surface area contributed by atoms with Crippen molar-refractivity contribution in [1.82, 2.24) is 19.5 Å². The second-order valence-corrected chi connectivity index (χ2v) is 9.25. The number of hydrogen-bond acceptors (Lipinski definition) is 9. The minimum absolute atomic E-state index is 0.0390. The molecule has 12 heteroatoms. The van der Waals surface area contributed by atoms with Gasteiger partial charge in [0.25, 0.3) is 5.56 Å². The molecule has 10 nitrogen and oxygen atoms in total. The first kappa shape index (κ1) is 21.7. The third kappa shape index (κ3) is 3.72. The molecule has 6 N–H and O–H groups in total. The summed E-state index contributed by atoms with van der Waals surface area (Å²) in [5.74, 6) is 0.626. The number of nitrogens with one attached hydrogen (secondary N) is 1. The number of nitrogens with zero attached hydrogens (tertiary/aromatic N) is 5. The van der Waals surface area contributed by atoms with E-state index < -0.39 is 12.1 Å². The summed E-state index contributed by atoms with van der Waals surface area (Å²) in [6.07, 6.45) is 2.14. The van der Waals surface area contributed by atoms with Crippen LogP contribution in [0.25, 0.3) is 10.9 Å². The van der Waals surface area contributed by atoms with E-state index in [9.17, 15) is 15.2 Å². The van der Waals surface area contributed by atoms with Gasteiger partial charge in [-0.05, 0) is 43.7 Å².